The standard InChI is InChI=1S/C16H22F3N3O3S2/c1-25-11-3-6-20-15(26)21-7-9-22(10-8-21)27(23,24)14-5-2-4-13(12-14)16(17,18)19/h2,4-5,12H,3,6-11H2,1H3,(H,20,26). The summed E-state index contributed by atoms with van der Waals surface area (Å²) < 4.78 is 70.0. The highest BCUT2D eigenvalue weighted by molar-refractivity contribution is 7.89. The normalized spacial score (nSPS) is 16.4. The molecule has 0 aliphatic carbocycles. The Hall–Kier alpha value is -1.43. The molecule has 152 valence electrons. The summed E-state index contributed by atoms with van der Waals surface area (Å²) in [5.41, 5.74) is -0.983. The van der Waals surface area contributed by atoms with E-state index in [9.17, 15) is 21.6 Å². The molecule has 0 bridgehead atoms. The summed E-state index contributed by atoms with van der Waals surface area (Å²) in [6.45, 7) is 2.30. The molecule has 1 aliphatic heterocycles. The van der Waals surface area contributed by atoms with E-state index in [0.717, 1.165) is 18.6 Å². The lowest BCUT2D eigenvalue weighted by molar-refractivity contribution is -0.137. The number of nitrogens with one attached hydrogen (secondary N) is 1. The summed E-state index contributed by atoms with van der Waals surface area (Å²) in [4.78, 5) is 1.49. The molecular formula is C16H22F3N3O3S2. The lowest BCUT2D eigenvalue weighted by Gasteiger charge is -2.35. The molecule has 1 N–H and O–H groups in total. The van der Waals surface area contributed by atoms with E-state index in [1.165, 1.54) is 10.4 Å². The van der Waals surface area contributed by atoms with Crippen molar-refractivity contribution in [1.82, 2.24) is 14.5 Å². The van der Waals surface area contributed by atoms with Crippen molar-refractivity contribution in [3.05, 3.63) is 29.8 Å². The molecule has 1 aromatic carbocycles. The van der Waals surface area contributed by atoms with Crippen molar-refractivity contribution in [2.45, 2.75) is 17.5 Å². The Morgan fingerprint density at radius 1 is 1.26 bits per heavy atom. The molecular weight excluding hydrogens is 403 g/mol. The van der Waals surface area contributed by atoms with E-state index in [4.69, 9.17) is 17.0 Å². The van der Waals surface area contributed by atoms with Crippen LogP contribution in [-0.2, 0) is 20.9 Å². The van der Waals surface area contributed by atoms with Crippen LogP contribution in [0.2, 0.25) is 0 Å². The fraction of sp³-hybridized carbons (Fsp3) is 0.562. The van der Waals surface area contributed by atoms with Crippen molar-refractivity contribution in [2.24, 2.45) is 0 Å². The molecule has 0 aromatic heterocycles. The van der Waals surface area contributed by atoms with Gasteiger partial charge in [-0.25, -0.2) is 8.42 Å². The van der Waals surface area contributed by atoms with Gasteiger partial charge in [0.05, 0.1) is 10.5 Å². The summed E-state index contributed by atoms with van der Waals surface area (Å²) >= 11 is 5.29. The number of sulfonamides is 1. The number of benzene rings is 1. The predicted molar refractivity (Wildman–Crippen MR) is 98.9 cm³/mol. The molecule has 1 heterocycles. The lowest BCUT2D eigenvalue weighted by atomic mass is 10.2. The summed E-state index contributed by atoms with van der Waals surface area (Å²) in [6.07, 6.45) is -3.80. The summed E-state index contributed by atoms with van der Waals surface area (Å²) in [7, 11) is -2.38. The average Bonchev–Trinajstić information content (AvgIpc) is 2.64. The number of nitrogens with zero attached hydrogens (tertiary/aromatic N) is 2. The molecule has 0 radical (unpaired) electrons. The van der Waals surface area contributed by atoms with E-state index < -0.39 is 21.8 Å². The van der Waals surface area contributed by atoms with Crippen LogP contribution in [0.3, 0.4) is 0 Å². The molecule has 1 fully saturated rings. The van der Waals surface area contributed by atoms with Gasteiger partial charge in [-0.3, -0.25) is 0 Å². The first-order valence-corrected chi connectivity index (χ1v) is 10.2. The largest absolute Gasteiger partial charge is 0.416 e. The number of thiocarbonyl (C=S) groups is 1. The second kappa shape index (κ2) is 9.18. The van der Waals surface area contributed by atoms with E-state index in [-0.39, 0.29) is 18.0 Å². The molecule has 2 rings (SSSR count). The zero-order valence-corrected chi connectivity index (χ0v) is 16.5. The highest BCUT2D eigenvalue weighted by atomic mass is 32.2. The first-order chi connectivity index (χ1) is 12.7. The van der Waals surface area contributed by atoms with E-state index in [0.29, 0.717) is 37.4 Å². The van der Waals surface area contributed by atoms with Crippen LogP contribution in [0.5, 0.6) is 0 Å². The molecule has 0 amide bonds. The zero-order chi connectivity index (χ0) is 20.1. The molecule has 0 atom stereocenters. The van der Waals surface area contributed by atoms with E-state index in [1.54, 1.807) is 7.11 Å². The van der Waals surface area contributed by atoms with Crippen LogP contribution in [0.1, 0.15) is 12.0 Å². The first-order valence-electron chi connectivity index (χ1n) is 8.35. The Labute approximate surface area is 162 Å². The number of piperazine rings is 1. The molecule has 1 aromatic rings. The van der Waals surface area contributed by atoms with Crippen LogP contribution in [0.25, 0.3) is 0 Å². The fourth-order valence-corrected chi connectivity index (χ4v) is 4.39. The van der Waals surface area contributed by atoms with Crippen molar-refractivity contribution in [3.63, 3.8) is 0 Å². The van der Waals surface area contributed by atoms with Gasteiger partial charge in [0.1, 0.15) is 0 Å². The highest BCUT2D eigenvalue weighted by Gasteiger charge is 2.34. The third-order valence-corrected chi connectivity index (χ3v) is 6.42. The topological polar surface area (TPSA) is 61.9 Å². The van der Waals surface area contributed by atoms with Gasteiger partial charge in [0.15, 0.2) is 5.11 Å². The zero-order valence-electron chi connectivity index (χ0n) is 14.8. The molecule has 0 unspecified atom stereocenters. The Balaban J connectivity index is 1.98. The van der Waals surface area contributed by atoms with Gasteiger partial charge in [-0.1, -0.05) is 6.07 Å². The van der Waals surface area contributed by atoms with Crippen LogP contribution < -0.4 is 5.32 Å². The van der Waals surface area contributed by atoms with Gasteiger partial charge in [0, 0.05) is 46.4 Å². The van der Waals surface area contributed by atoms with Crippen LogP contribution in [0, 0.1) is 0 Å². The number of rotatable bonds is 6. The molecule has 6 nitrogen and oxygen atoms in total. The number of hydrogen-bond acceptors (Lipinski definition) is 4. The Morgan fingerprint density at radius 3 is 2.52 bits per heavy atom. The molecule has 1 aliphatic rings. The Kier molecular flexibility index (Phi) is 7.43. The first kappa shape index (κ1) is 21.9. The van der Waals surface area contributed by atoms with Crippen LogP contribution in [0.4, 0.5) is 13.2 Å². The van der Waals surface area contributed by atoms with Crippen molar-refractivity contribution >= 4 is 27.4 Å². The number of methoxy groups -OCH3 is 1. The third-order valence-electron chi connectivity index (χ3n) is 4.13. The molecule has 0 spiro atoms. The number of halogens is 3. The van der Waals surface area contributed by atoms with Gasteiger partial charge in [0.2, 0.25) is 10.0 Å². The van der Waals surface area contributed by atoms with Crippen molar-refractivity contribution < 1.29 is 26.3 Å². The molecule has 27 heavy (non-hydrogen) atoms. The molecule has 1 saturated heterocycles. The van der Waals surface area contributed by atoms with Crippen LogP contribution >= 0.6 is 12.2 Å². The average molecular weight is 425 g/mol. The SMILES string of the molecule is COCCCNC(=S)N1CCN(S(=O)(=O)c2cccc(C(F)(F)F)c2)CC1. The van der Waals surface area contributed by atoms with Crippen molar-refractivity contribution in [3.8, 4) is 0 Å². The molecule has 11 heteroatoms. The summed E-state index contributed by atoms with van der Waals surface area (Å²) in [5, 5.41) is 3.61. The van der Waals surface area contributed by atoms with Gasteiger partial charge in [-0.05, 0) is 36.8 Å². The maximum Gasteiger partial charge on any atom is 0.416 e. The van der Waals surface area contributed by atoms with Gasteiger partial charge in [-0.2, -0.15) is 17.5 Å². The highest BCUT2D eigenvalue weighted by Crippen LogP contribution is 2.31. The third kappa shape index (κ3) is 5.77. The van der Waals surface area contributed by atoms with Gasteiger partial charge < -0.3 is 15.0 Å². The number of hydrogen-bond donors (Lipinski definition) is 1. The summed E-state index contributed by atoms with van der Waals surface area (Å²) in [6, 6.07) is 3.80. The maximum absolute atomic E-state index is 12.8. The molecule has 0 saturated carbocycles. The maximum atomic E-state index is 12.8. The van der Waals surface area contributed by atoms with Crippen LogP contribution in [0.15, 0.2) is 29.2 Å². The van der Waals surface area contributed by atoms with E-state index in [2.05, 4.69) is 5.32 Å². The second-order valence-corrected chi connectivity index (χ2v) is 8.32. The smallest absolute Gasteiger partial charge is 0.385 e. The lowest BCUT2D eigenvalue weighted by Crippen LogP contribution is -2.53. The van der Waals surface area contributed by atoms with Gasteiger partial charge in [-0.15, -0.1) is 0 Å². The Bertz CT molecular complexity index is 749. The second-order valence-electron chi connectivity index (χ2n) is 6.00. The fourth-order valence-electron chi connectivity index (χ4n) is 2.64. The number of ether oxygens (including phenoxy) is 1. The number of alkyl halides is 3. The minimum absolute atomic E-state index is 0.151. The van der Waals surface area contributed by atoms with Crippen LogP contribution in [-0.4, -0.2) is 69.2 Å². The van der Waals surface area contributed by atoms with Gasteiger partial charge in [0.25, 0.3) is 0 Å². The van der Waals surface area contributed by atoms with Crippen molar-refractivity contribution in [1.29, 1.82) is 0 Å². The Morgan fingerprint density at radius 2 is 1.93 bits per heavy atom. The van der Waals surface area contributed by atoms with Crippen molar-refractivity contribution in [2.75, 3.05) is 46.4 Å². The predicted octanol–water partition coefficient (Wildman–Crippen LogP) is 1.92. The van der Waals surface area contributed by atoms with Gasteiger partial charge >= 0.3 is 6.18 Å². The summed E-state index contributed by atoms with van der Waals surface area (Å²) in [5.74, 6) is 0. The minimum Gasteiger partial charge on any atom is -0.385 e. The minimum atomic E-state index is -4.59. The van der Waals surface area contributed by atoms with E-state index in [1.807, 2.05) is 4.90 Å². The monoisotopic (exact) mass is 425 g/mol. The quantitative estimate of drug-likeness (QED) is 0.555. The van der Waals surface area contributed by atoms with E-state index >= 15 is 0 Å².